The van der Waals surface area contributed by atoms with E-state index in [1.807, 2.05) is 0 Å². The fourth-order valence-corrected chi connectivity index (χ4v) is 2.19. The summed E-state index contributed by atoms with van der Waals surface area (Å²) in [6.07, 6.45) is 5.51. The van der Waals surface area contributed by atoms with Crippen molar-refractivity contribution >= 4 is 6.47 Å². The molecule has 0 aliphatic heterocycles. The Hall–Kier alpha value is -0.570. The first-order chi connectivity index (χ1) is 6.52. The monoisotopic (exact) mass is 200 g/mol. The molecule has 1 aliphatic carbocycles. The third-order valence-electron chi connectivity index (χ3n) is 3.27. The van der Waals surface area contributed by atoms with E-state index in [1.165, 1.54) is 6.42 Å². The van der Waals surface area contributed by atoms with Gasteiger partial charge >= 0.3 is 6.47 Å². The van der Waals surface area contributed by atoms with Gasteiger partial charge < -0.3 is 4.89 Å². The van der Waals surface area contributed by atoms with Crippen molar-refractivity contribution in [1.29, 1.82) is 0 Å². The van der Waals surface area contributed by atoms with Gasteiger partial charge in [-0.3, -0.25) is 4.79 Å². The molecule has 1 rings (SSSR count). The lowest BCUT2D eigenvalue weighted by Gasteiger charge is -2.44. The maximum absolute atomic E-state index is 10.2. The molecule has 0 saturated heterocycles. The standard InChI is InChI=1S/C11H20O3/c1-10(2,3)11(14-13-9-12)7-5-4-6-8-11/h9H,4-8H2,1-3H3. The molecule has 14 heavy (non-hydrogen) atoms. The van der Waals surface area contributed by atoms with Crippen LogP contribution in [0.15, 0.2) is 0 Å². The maximum atomic E-state index is 10.2. The van der Waals surface area contributed by atoms with Crippen LogP contribution >= 0.6 is 0 Å². The minimum atomic E-state index is -0.286. The van der Waals surface area contributed by atoms with Gasteiger partial charge in [-0.2, -0.15) is 4.89 Å². The third kappa shape index (κ3) is 2.27. The van der Waals surface area contributed by atoms with Gasteiger partial charge in [0.1, 0.15) is 5.60 Å². The van der Waals surface area contributed by atoms with Crippen LogP contribution in [0.5, 0.6) is 0 Å². The minimum Gasteiger partial charge on any atom is -0.301 e. The fraction of sp³-hybridized carbons (Fsp3) is 0.909. The Labute approximate surface area is 85.7 Å². The zero-order valence-electron chi connectivity index (χ0n) is 9.34. The molecule has 0 aromatic rings. The number of rotatable bonds is 3. The molecule has 0 radical (unpaired) electrons. The molecule has 0 amide bonds. The lowest BCUT2D eigenvalue weighted by molar-refractivity contribution is -0.354. The molecule has 1 fully saturated rings. The Bertz CT molecular complexity index is 187. The van der Waals surface area contributed by atoms with E-state index in [2.05, 4.69) is 25.7 Å². The zero-order chi connectivity index (χ0) is 10.7. The molecule has 0 aromatic carbocycles. The second kappa shape index (κ2) is 4.30. The quantitative estimate of drug-likeness (QED) is 0.399. The van der Waals surface area contributed by atoms with Crippen molar-refractivity contribution < 1.29 is 14.6 Å². The molecule has 0 bridgehead atoms. The van der Waals surface area contributed by atoms with Gasteiger partial charge in [-0.25, -0.2) is 0 Å². The molecule has 0 unspecified atom stereocenters. The summed E-state index contributed by atoms with van der Waals surface area (Å²) in [5, 5.41) is 0. The van der Waals surface area contributed by atoms with E-state index in [4.69, 9.17) is 4.89 Å². The highest BCUT2D eigenvalue weighted by Crippen LogP contribution is 2.44. The normalized spacial score (nSPS) is 21.6. The zero-order valence-corrected chi connectivity index (χ0v) is 9.34. The maximum Gasteiger partial charge on any atom is 0.330 e. The molecule has 1 saturated carbocycles. The summed E-state index contributed by atoms with van der Waals surface area (Å²) in [6.45, 7) is 6.76. The van der Waals surface area contributed by atoms with Gasteiger partial charge in [-0.05, 0) is 18.3 Å². The first-order valence-corrected chi connectivity index (χ1v) is 5.30. The molecule has 82 valence electrons. The number of carbonyl (C=O) groups excluding carboxylic acids is 1. The van der Waals surface area contributed by atoms with Crippen molar-refractivity contribution in [1.82, 2.24) is 0 Å². The minimum absolute atomic E-state index is 0.0103. The first-order valence-electron chi connectivity index (χ1n) is 5.30. The van der Waals surface area contributed by atoms with E-state index < -0.39 is 0 Å². The molecule has 0 atom stereocenters. The van der Waals surface area contributed by atoms with Crippen LogP contribution in [0.3, 0.4) is 0 Å². The van der Waals surface area contributed by atoms with Crippen molar-refractivity contribution in [2.45, 2.75) is 58.5 Å². The number of hydrogen-bond acceptors (Lipinski definition) is 3. The predicted octanol–water partition coefficient (Wildman–Crippen LogP) is 2.84. The van der Waals surface area contributed by atoms with E-state index in [9.17, 15) is 4.79 Å². The smallest absolute Gasteiger partial charge is 0.301 e. The van der Waals surface area contributed by atoms with Crippen LogP contribution in [0.1, 0.15) is 52.9 Å². The highest BCUT2D eigenvalue weighted by atomic mass is 17.2. The summed E-state index contributed by atoms with van der Waals surface area (Å²) in [6, 6.07) is 0. The van der Waals surface area contributed by atoms with E-state index in [0.717, 1.165) is 25.7 Å². The predicted molar refractivity (Wildman–Crippen MR) is 53.5 cm³/mol. The van der Waals surface area contributed by atoms with Gasteiger partial charge in [0.2, 0.25) is 0 Å². The van der Waals surface area contributed by atoms with Crippen LogP contribution in [-0.4, -0.2) is 12.1 Å². The Morgan fingerprint density at radius 3 is 2.14 bits per heavy atom. The van der Waals surface area contributed by atoms with Gasteiger partial charge in [0.25, 0.3) is 0 Å². The largest absolute Gasteiger partial charge is 0.330 e. The van der Waals surface area contributed by atoms with Crippen molar-refractivity contribution in [3.8, 4) is 0 Å². The van der Waals surface area contributed by atoms with Crippen LogP contribution < -0.4 is 0 Å². The van der Waals surface area contributed by atoms with Crippen molar-refractivity contribution in [2.24, 2.45) is 5.41 Å². The van der Waals surface area contributed by atoms with Crippen LogP contribution in [0, 0.1) is 5.41 Å². The highest BCUT2D eigenvalue weighted by Gasteiger charge is 2.45. The van der Waals surface area contributed by atoms with Gasteiger partial charge in [-0.15, -0.1) is 0 Å². The van der Waals surface area contributed by atoms with Crippen molar-refractivity contribution in [2.75, 3.05) is 0 Å². The molecule has 1 aliphatic rings. The Morgan fingerprint density at radius 1 is 1.14 bits per heavy atom. The Morgan fingerprint density at radius 2 is 1.71 bits per heavy atom. The van der Waals surface area contributed by atoms with E-state index in [-0.39, 0.29) is 11.0 Å². The van der Waals surface area contributed by atoms with E-state index in [0.29, 0.717) is 6.47 Å². The van der Waals surface area contributed by atoms with Crippen LogP contribution in [0.25, 0.3) is 0 Å². The summed E-state index contributed by atoms with van der Waals surface area (Å²) in [7, 11) is 0. The number of carbonyl (C=O) groups is 1. The molecule has 3 heteroatoms. The summed E-state index contributed by atoms with van der Waals surface area (Å²) < 4.78 is 0. The SMILES string of the molecule is CC(C)(C)C1(OOC=O)CCCCC1. The fourth-order valence-electron chi connectivity index (χ4n) is 2.19. The summed E-state index contributed by atoms with van der Waals surface area (Å²) in [5.41, 5.74) is -0.275. The molecule has 3 nitrogen and oxygen atoms in total. The van der Waals surface area contributed by atoms with Gasteiger partial charge in [0, 0.05) is 0 Å². The van der Waals surface area contributed by atoms with Crippen molar-refractivity contribution in [3.63, 3.8) is 0 Å². The van der Waals surface area contributed by atoms with Crippen LogP contribution in [0.4, 0.5) is 0 Å². The average molecular weight is 200 g/mol. The van der Waals surface area contributed by atoms with Crippen LogP contribution in [0.2, 0.25) is 0 Å². The molecular weight excluding hydrogens is 180 g/mol. The second-order valence-electron chi connectivity index (χ2n) is 5.08. The summed E-state index contributed by atoms with van der Waals surface area (Å²) in [5.74, 6) is 0. The second-order valence-corrected chi connectivity index (χ2v) is 5.08. The molecule has 0 aromatic heterocycles. The molecular formula is C11H20O3. The van der Waals surface area contributed by atoms with E-state index >= 15 is 0 Å². The highest BCUT2D eigenvalue weighted by molar-refractivity contribution is 5.35. The van der Waals surface area contributed by atoms with Gasteiger partial charge in [-0.1, -0.05) is 40.0 Å². The van der Waals surface area contributed by atoms with Gasteiger partial charge in [0.15, 0.2) is 0 Å². The molecule has 0 heterocycles. The lowest BCUT2D eigenvalue weighted by atomic mass is 9.68. The van der Waals surface area contributed by atoms with E-state index in [1.54, 1.807) is 0 Å². The number of hydrogen-bond donors (Lipinski definition) is 0. The molecule has 0 spiro atoms. The van der Waals surface area contributed by atoms with Crippen molar-refractivity contribution in [3.05, 3.63) is 0 Å². The summed E-state index contributed by atoms with van der Waals surface area (Å²) >= 11 is 0. The first kappa shape index (κ1) is 11.5. The molecule has 0 N–H and O–H groups in total. The van der Waals surface area contributed by atoms with Crippen LogP contribution in [-0.2, 0) is 14.6 Å². The Balaban J connectivity index is 2.71. The van der Waals surface area contributed by atoms with Gasteiger partial charge in [0.05, 0.1) is 0 Å². The average Bonchev–Trinajstić information content (AvgIpc) is 2.14. The summed E-state index contributed by atoms with van der Waals surface area (Å²) in [4.78, 5) is 20.0. The third-order valence-corrected chi connectivity index (χ3v) is 3.27. The lowest BCUT2D eigenvalue weighted by Crippen LogP contribution is -2.46. The Kier molecular flexibility index (Phi) is 3.53. The topological polar surface area (TPSA) is 35.5 Å².